The summed E-state index contributed by atoms with van der Waals surface area (Å²) < 4.78 is 8.16. The minimum absolute atomic E-state index is 0.170. The van der Waals surface area contributed by atoms with Gasteiger partial charge in [-0.25, -0.2) is 4.98 Å². The highest BCUT2D eigenvalue weighted by Gasteiger charge is 2.32. The van der Waals surface area contributed by atoms with Crippen LogP contribution in [0.25, 0.3) is 5.69 Å². The molecule has 2 aliphatic rings. The molecule has 2 fully saturated rings. The Kier molecular flexibility index (Phi) is 6.19. The Balaban J connectivity index is 1.24. The second-order valence-electron chi connectivity index (χ2n) is 8.51. The van der Waals surface area contributed by atoms with Crippen LogP contribution >= 0.6 is 0 Å². The Bertz CT molecular complexity index is 772. The molecule has 0 unspecified atom stereocenters. The van der Waals surface area contributed by atoms with E-state index in [2.05, 4.69) is 28.6 Å². The third kappa shape index (κ3) is 4.81. The van der Waals surface area contributed by atoms with E-state index in [-0.39, 0.29) is 12.0 Å². The molecular formula is C23H32N4O2. The molecule has 0 N–H and O–H groups in total. The molecule has 6 heteroatoms. The number of imidazole rings is 1. The van der Waals surface area contributed by atoms with Gasteiger partial charge >= 0.3 is 0 Å². The molecule has 1 aromatic carbocycles. The van der Waals surface area contributed by atoms with E-state index in [0.717, 1.165) is 63.3 Å². The van der Waals surface area contributed by atoms with Crippen molar-refractivity contribution >= 4 is 5.91 Å². The van der Waals surface area contributed by atoms with Gasteiger partial charge in [-0.3, -0.25) is 9.69 Å². The standard InChI is InChI=1S/C23H32N4O2/c1-18(2)25-13-15-26(16-14-25)23(28)19-3-7-21(8-4-19)29-22-9-5-20(6-10-22)27-12-11-24-17-27/h5-6,9-12,17-19,21H,3-4,7-8,13-16H2,1-2H3. The molecule has 1 saturated carbocycles. The molecule has 4 rings (SSSR count). The summed E-state index contributed by atoms with van der Waals surface area (Å²) in [5.74, 6) is 1.43. The van der Waals surface area contributed by atoms with Crippen molar-refractivity contribution in [2.75, 3.05) is 26.2 Å². The number of rotatable bonds is 5. The lowest BCUT2D eigenvalue weighted by Gasteiger charge is -2.39. The number of hydrogen-bond donors (Lipinski definition) is 0. The monoisotopic (exact) mass is 396 g/mol. The molecular weight excluding hydrogens is 364 g/mol. The normalized spacial score (nSPS) is 23.3. The van der Waals surface area contributed by atoms with Crippen LogP contribution in [0.4, 0.5) is 0 Å². The van der Waals surface area contributed by atoms with E-state index < -0.39 is 0 Å². The number of carbonyl (C=O) groups is 1. The van der Waals surface area contributed by atoms with Gasteiger partial charge < -0.3 is 14.2 Å². The maximum Gasteiger partial charge on any atom is 0.225 e. The van der Waals surface area contributed by atoms with Crippen LogP contribution in [0.15, 0.2) is 43.0 Å². The topological polar surface area (TPSA) is 50.6 Å². The molecule has 0 bridgehead atoms. The molecule has 1 aliphatic heterocycles. The summed E-state index contributed by atoms with van der Waals surface area (Å²) in [5.41, 5.74) is 1.07. The van der Waals surface area contributed by atoms with Crippen molar-refractivity contribution in [1.82, 2.24) is 19.4 Å². The number of ether oxygens (including phenoxy) is 1. The molecule has 156 valence electrons. The van der Waals surface area contributed by atoms with Crippen LogP contribution in [0, 0.1) is 5.92 Å². The summed E-state index contributed by atoms with van der Waals surface area (Å²) in [6.07, 6.45) is 9.46. The summed E-state index contributed by atoms with van der Waals surface area (Å²) in [5, 5.41) is 0. The Morgan fingerprint density at radius 2 is 1.72 bits per heavy atom. The van der Waals surface area contributed by atoms with Crippen molar-refractivity contribution < 1.29 is 9.53 Å². The van der Waals surface area contributed by atoms with Gasteiger partial charge in [-0.2, -0.15) is 0 Å². The number of benzene rings is 1. The van der Waals surface area contributed by atoms with Crippen LogP contribution in [-0.2, 0) is 4.79 Å². The van der Waals surface area contributed by atoms with Gasteiger partial charge in [0.1, 0.15) is 5.75 Å². The molecule has 29 heavy (non-hydrogen) atoms. The fourth-order valence-electron chi connectivity index (χ4n) is 4.45. The van der Waals surface area contributed by atoms with Gasteiger partial charge in [0.25, 0.3) is 0 Å². The fourth-order valence-corrected chi connectivity index (χ4v) is 4.45. The zero-order valence-corrected chi connectivity index (χ0v) is 17.5. The molecule has 2 aromatic rings. The average molecular weight is 397 g/mol. The number of amides is 1. The second-order valence-corrected chi connectivity index (χ2v) is 8.51. The van der Waals surface area contributed by atoms with Gasteiger partial charge in [0.2, 0.25) is 5.91 Å². The van der Waals surface area contributed by atoms with E-state index in [9.17, 15) is 4.79 Å². The van der Waals surface area contributed by atoms with Gasteiger partial charge in [0.15, 0.2) is 0 Å². The molecule has 0 spiro atoms. The van der Waals surface area contributed by atoms with Gasteiger partial charge in [0, 0.05) is 56.2 Å². The zero-order chi connectivity index (χ0) is 20.2. The molecule has 1 amide bonds. The highest BCUT2D eigenvalue weighted by Crippen LogP contribution is 2.29. The Morgan fingerprint density at radius 3 is 2.31 bits per heavy atom. The average Bonchev–Trinajstić information content (AvgIpc) is 3.29. The highest BCUT2D eigenvalue weighted by atomic mass is 16.5. The van der Waals surface area contributed by atoms with Gasteiger partial charge in [0.05, 0.1) is 12.4 Å². The molecule has 0 radical (unpaired) electrons. The summed E-state index contributed by atoms with van der Waals surface area (Å²) >= 11 is 0. The molecule has 6 nitrogen and oxygen atoms in total. The van der Waals surface area contributed by atoms with E-state index in [4.69, 9.17) is 4.74 Å². The quantitative estimate of drug-likeness (QED) is 0.778. The summed E-state index contributed by atoms with van der Waals surface area (Å²) in [4.78, 5) is 21.5. The van der Waals surface area contributed by atoms with E-state index in [1.54, 1.807) is 12.5 Å². The first kappa shape index (κ1) is 20.0. The fraction of sp³-hybridized carbons (Fsp3) is 0.565. The van der Waals surface area contributed by atoms with E-state index >= 15 is 0 Å². The lowest BCUT2D eigenvalue weighted by atomic mass is 9.86. The zero-order valence-electron chi connectivity index (χ0n) is 17.5. The van der Waals surface area contributed by atoms with E-state index in [1.165, 1.54) is 0 Å². The first-order chi connectivity index (χ1) is 14.1. The molecule has 1 aromatic heterocycles. The number of aromatic nitrogens is 2. The third-order valence-electron chi connectivity index (χ3n) is 6.32. The first-order valence-electron chi connectivity index (χ1n) is 10.9. The van der Waals surface area contributed by atoms with Crippen LogP contribution in [0.2, 0.25) is 0 Å². The number of nitrogens with zero attached hydrogens (tertiary/aromatic N) is 4. The molecule has 1 aliphatic carbocycles. The van der Waals surface area contributed by atoms with Crippen LogP contribution in [0.3, 0.4) is 0 Å². The smallest absolute Gasteiger partial charge is 0.225 e. The SMILES string of the molecule is CC(C)N1CCN(C(=O)C2CCC(Oc3ccc(-n4ccnc4)cc3)CC2)CC1. The van der Waals surface area contributed by atoms with E-state index in [0.29, 0.717) is 11.9 Å². The van der Waals surface area contributed by atoms with Crippen molar-refractivity contribution in [1.29, 1.82) is 0 Å². The minimum atomic E-state index is 0.170. The van der Waals surface area contributed by atoms with Gasteiger partial charge in [-0.1, -0.05) is 0 Å². The maximum absolute atomic E-state index is 12.9. The van der Waals surface area contributed by atoms with Crippen molar-refractivity contribution in [3.63, 3.8) is 0 Å². The van der Waals surface area contributed by atoms with Crippen molar-refractivity contribution in [3.05, 3.63) is 43.0 Å². The Labute approximate surface area is 173 Å². The lowest BCUT2D eigenvalue weighted by Crippen LogP contribution is -2.52. The number of piperazine rings is 1. The van der Waals surface area contributed by atoms with Crippen molar-refractivity contribution in [2.45, 2.75) is 51.7 Å². The van der Waals surface area contributed by atoms with Crippen LogP contribution in [0.1, 0.15) is 39.5 Å². The van der Waals surface area contributed by atoms with E-state index in [1.807, 2.05) is 35.0 Å². The van der Waals surface area contributed by atoms with Crippen molar-refractivity contribution in [3.8, 4) is 11.4 Å². The largest absolute Gasteiger partial charge is 0.490 e. The minimum Gasteiger partial charge on any atom is -0.490 e. The lowest BCUT2D eigenvalue weighted by molar-refractivity contribution is -0.139. The summed E-state index contributed by atoms with van der Waals surface area (Å²) in [7, 11) is 0. The van der Waals surface area contributed by atoms with Crippen LogP contribution < -0.4 is 4.74 Å². The molecule has 0 atom stereocenters. The summed E-state index contributed by atoms with van der Waals surface area (Å²) in [6, 6.07) is 8.68. The number of hydrogen-bond acceptors (Lipinski definition) is 4. The van der Waals surface area contributed by atoms with Gasteiger partial charge in [-0.05, 0) is 63.8 Å². The predicted molar refractivity (Wildman–Crippen MR) is 113 cm³/mol. The first-order valence-corrected chi connectivity index (χ1v) is 10.9. The van der Waals surface area contributed by atoms with Crippen LogP contribution in [0.5, 0.6) is 5.75 Å². The Morgan fingerprint density at radius 1 is 1.03 bits per heavy atom. The highest BCUT2D eigenvalue weighted by molar-refractivity contribution is 5.79. The maximum atomic E-state index is 12.9. The van der Waals surface area contributed by atoms with Crippen molar-refractivity contribution in [2.24, 2.45) is 5.92 Å². The van der Waals surface area contributed by atoms with Gasteiger partial charge in [-0.15, -0.1) is 0 Å². The molecule has 2 heterocycles. The third-order valence-corrected chi connectivity index (χ3v) is 6.32. The summed E-state index contributed by atoms with van der Waals surface area (Å²) in [6.45, 7) is 8.19. The Hall–Kier alpha value is -2.34. The second kappa shape index (κ2) is 8.99. The predicted octanol–water partition coefficient (Wildman–Crippen LogP) is 3.36. The number of carbonyl (C=O) groups excluding carboxylic acids is 1. The molecule has 1 saturated heterocycles. The van der Waals surface area contributed by atoms with Crippen LogP contribution in [-0.4, -0.2) is 63.6 Å².